The fourth-order valence-corrected chi connectivity index (χ4v) is 1.57. The number of carbonyl (C=O) groups excluding carboxylic acids is 1. The van der Waals surface area contributed by atoms with Crippen molar-refractivity contribution in [1.82, 2.24) is 25.3 Å². The molecule has 0 aromatic carbocycles. The average molecular weight is 264 g/mol. The molecule has 2 aromatic rings. The van der Waals surface area contributed by atoms with E-state index in [0.717, 1.165) is 5.52 Å². The van der Waals surface area contributed by atoms with Crippen LogP contribution in [0.4, 0.5) is 5.82 Å². The van der Waals surface area contributed by atoms with Gasteiger partial charge < -0.3 is 20.4 Å². The predicted octanol–water partition coefficient (Wildman–Crippen LogP) is -0.0825. The third-order valence-corrected chi connectivity index (χ3v) is 2.50. The van der Waals surface area contributed by atoms with Crippen molar-refractivity contribution in [2.24, 2.45) is 0 Å². The molecular formula is C11H16N6O2. The molecule has 3 N–H and O–H groups in total. The van der Waals surface area contributed by atoms with Crippen molar-refractivity contribution in [2.75, 3.05) is 32.1 Å². The largest absolute Gasteiger partial charge is 0.383 e. The highest BCUT2D eigenvalue weighted by Crippen LogP contribution is 2.13. The smallest absolute Gasteiger partial charge is 0.221 e. The fraction of sp³-hybridized carbons (Fsp3) is 0.455. The first-order chi connectivity index (χ1) is 9.31. The Morgan fingerprint density at radius 1 is 1.37 bits per heavy atom. The van der Waals surface area contributed by atoms with E-state index in [9.17, 15) is 4.79 Å². The number of aromatic amines is 1. The molecule has 0 saturated carbocycles. The molecule has 2 aromatic heterocycles. The van der Waals surface area contributed by atoms with E-state index in [-0.39, 0.29) is 5.91 Å². The predicted molar refractivity (Wildman–Crippen MR) is 69.7 cm³/mol. The number of methoxy groups -OCH3 is 1. The monoisotopic (exact) mass is 264 g/mol. The van der Waals surface area contributed by atoms with Crippen LogP contribution in [0.1, 0.15) is 6.42 Å². The first kappa shape index (κ1) is 13.2. The number of nitrogens with one attached hydrogen (secondary N) is 3. The summed E-state index contributed by atoms with van der Waals surface area (Å²) in [6.45, 7) is 1.53. The summed E-state index contributed by atoms with van der Waals surface area (Å²) in [6.07, 6.45) is 3.36. The van der Waals surface area contributed by atoms with Gasteiger partial charge in [0, 0.05) is 26.6 Å². The molecule has 0 unspecified atom stereocenters. The number of rotatable bonds is 7. The molecule has 0 bridgehead atoms. The summed E-state index contributed by atoms with van der Waals surface area (Å²) in [5.41, 5.74) is 1.34. The van der Waals surface area contributed by atoms with Crippen LogP contribution in [0.2, 0.25) is 0 Å². The topological polar surface area (TPSA) is 105 Å². The molecule has 1 amide bonds. The molecule has 0 saturated heterocycles. The van der Waals surface area contributed by atoms with E-state index in [1.54, 1.807) is 13.4 Å². The van der Waals surface area contributed by atoms with Crippen molar-refractivity contribution < 1.29 is 9.53 Å². The Kier molecular flexibility index (Phi) is 4.62. The van der Waals surface area contributed by atoms with E-state index in [1.807, 2.05) is 0 Å². The van der Waals surface area contributed by atoms with Crippen LogP contribution in [0.15, 0.2) is 12.7 Å². The van der Waals surface area contributed by atoms with Gasteiger partial charge in [0.2, 0.25) is 5.91 Å². The van der Waals surface area contributed by atoms with Gasteiger partial charge in [-0.3, -0.25) is 4.79 Å². The summed E-state index contributed by atoms with van der Waals surface area (Å²) in [4.78, 5) is 26.6. The molecule has 0 atom stereocenters. The number of anilines is 1. The van der Waals surface area contributed by atoms with Gasteiger partial charge in [-0.05, 0) is 0 Å². The molecule has 19 heavy (non-hydrogen) atoms. The van der Waals surface area contributed by atoms with Crippen molar-refractivity contribution in [3.63, 3.8) is 0 Å². The molecule has 2 rings (SSSR count). The summed E-state index contributed by atoms with van der Waals surface area (Å²) >= 11 is 0. The van der Waals surface area contributed by atoms with Gasteiger partial charge in [-0.25, -0.2) is 15.0 Å². The Morgan fingerprint density at radius 2 is 2.26 bits per heavy atom. The Balaban J connectivity index is 1.79. The van der Waals surface area contributed by atoms with E-state index in [4.69, 9.17) is 4.74 Å². The Morgan fingerprint density at radius 3 is 3.11 bits per heavy atom. The van der Waals surface area contributed by atoms with Crippen LogP contribution in [0.5, 0.6) is 0 Å². The number of hydrogen-bond donors (Lipinski definition) is 3. The zero-order chi connectivity index (χ0) is 13.5. The van der Waals surface area contributed by atoms with Crippen LogP contribution >= 0.6 is 0 Å². The molecule has 0 aliphatic rings. The quantitative estimate of drug-likeness (QED) is 0.604. The zero-order valence-corrected chi connectivity index (χ0v) is 10.6. The van der Waals surface area contributed by atoms with Gasteiger partial charge in [-0.1, -0.05) is 0 Å². The summed E-state index contributed by atoms with van der Waals surface area (Å²) in [6, 6.07) is 0. The van der Waals surface area contributed by atoms with Gasteiger partial charge in [0.1, 0.15) is 11.8 Å². The minimum atomic E-state index is -0.0283. The lowest BCUT2D eigenvalue weighted by Crippen LogP contribution is -2.28. The number of carbonyl (C=O) groups is 1. The molecule has 102 valence electrons. The van der Waals surface area contributed by atoms with Gasteiger partial charge in [0.25, 0.3) is 0 Å². The summed E-state index contributed by atoms with van der Waals surface area (Å²) in [5.74, 6) is 0.617. The first-order valence-electron chi connectivity index (χ1n) is 5.95. The maximum atomic E-state index is 11.5. The number of H-pyrrole nitrogens is 1. The lowest BCUT2D eigenvalue weighted by Gasteiger charge is -2.06. The van der Waals surface area contributed by atoms with Crippen LogP contribution in [0.25, 0.3) is 11.2 Å². The highest BCUT2D eigenvalue weighted by Gasteiger charge is 2.06. The van der Waals surface area contributed by atoms with Crippen molar-refractivity contribution in [3.8, 4) is 0 Å². The normalized spacial score (nSPS) is 10.6. The second-order valence-corrected chi connectivity index (χ2v) is 3.84. The minimum Gasteiger partial charge on any atom is -0.383 e. The first-order valence-corrected chi connectivity index (χ1v) is 5.95. The van der Waals surface area contributed by atoms with Gasteiger partial charge in [0.05, 0.1) is 12.9 Å². The number of imidazole rings is 1. The molecular weight excluding hydrogens is 248 g/mol. The second kappa shape index (κ2) is 6.64. The molecule has 0 aliphatic carbocycles. The molecule has 0 aliphatic heterocycles. The Bertz CT molecular complexity index is 541. The van der Waals surface area contributed by atoms with Crippen molar-refractivity contribution in [3.05, 3.63) is 12.7 Å². The van der Waals surface area contributed by atoms with Crippen LogP contribution in [-0.2, 0) is 9.53 Å². The number of ether oxygens (including phenoxy) is 1. The van der Waals surface area contributed by atoms with Gasteiger partial charge in [-0.2, -0.15) is 0 Å². The summed E-state index contributed by atoms with van der Waals surface area (Å²) in [7, 11) is 1.60. The maximum Gasteiger partial charge on any atom is 0.221 e. The van der Waals surface area contributed by atoms with Crippen molar-refractivity contribution in [1.29, 1.82) is 0 Å². The second-order valence-electron chi connectivity index (χ2n) is 3.84. The zero-order valence-electron chi connectivity index (χ0n) is 10.6. The lowest BCUT2D eigenvalue weighted by molar-refractivity contribution is -0.121. The maximum absolute atomic E-state index is 11.5. The highest BCUT2D eigenvalue weighted by molar-refractivity contribution is 5.82. The molecule has 8 heteroatoms. The number of aromatic nitrogens is 4. The fourth-order valence-electron chi connectivity index (χ4n) is 1.57. The highest BCUT2D eigenvalue weighted by atomic mass is 16.5. The average Bonchev–Trinajstić information content (AvgIpc) is 2.88. The van der Waals surface area contributed by atoms with Crippen LogP contribution in [-0.4, -0.2) is 52.6 Å². The molecule has 8 nitrogen and oxygen atoms in total. The van der Waals surface area contributed by atoms with E-state index in [1.165, 1.54) is 6.33 Å². The van der Waals surface area contributed by atoms with Crippen LogP contribution < -0.4 is 10.6 Å². The summed E-state index contributed by atoms with van der Waals surface area (Å²) in [5, 5.41) is 5.83. The standard InChI is InChI=1S/C11H16N6O2/c1-19-5-4-12-8(18)2-3-13-10-9-11(15-6-14-9)17-7-16-10/h6-7H,2-5H2,1H3,(H,12,18)(H2,13,14,15,16,17). The van der Waals surface area contributed by atoms with E-state index >= 15 is 0 Å². The van der Waals surface area contributed by atoms with Crippen LogP contribution in [0, 0.1) is 0 Å². The van der Waals surface area contributed by atoms with Gasteiger partial charge >= 0.3 is 0 Å². The number of amides is 1. The Hall–Kier alpha value is -2.22. The van der Waals surface area contributed by atoms with E-state index in [2.05, 4.69) is 30.6 Å². The van der Waals surface area contributed by atoms with E-state index < -0.39 is 0 Å². The number of hydrogen-bond acceptors (Lipinski definition) is 6. The lowest BCUT2D eigenvalue weighted by atomic mass is 10.4. The molecule has 0 fully saturated rings. The van der Waals surface area contributed by atoms with E-state index in [0.29, 0.717) is 37.6 Å². The number of nitrogens with zero attached hydrogens (tertiary/aromatic N) is 3. The molecule has 2 heterocycles. The summed E-state index contributed by atoms with van der Waals surface area (Å²) < 4.78 is 4.85. The third-order valence-electron chi connectivity index (χ3n) is 2.50. The van der Waals surface area contributed by atoms with Gasteiger partial charge in [-0.15, -0.1) is 0 Å². The molecule has 0 spiro atoms. The van der Waals surface area contributed by atoms with Crippen molar-refractivity contribution >= 4 is 22.9 Å². The van der Waals surface area contributed by atoms with Crippen molar-refractivity contribution in [2.45, 2.75) is 6.42 Å². The van der Waals surface area contributed by atoms with Crippen LogP contribution in [0.3, 0.4) is 0 Å². The minimum absolute atomic E-state index is 0.0283. The number of fused-ring (bicyclic) bond motifs is 1. The third kappa shape index (κ3) is 3.62. The van der Waals surface area contributed by atoms with Gasteiger partial charge in [0.15, 0.2) is 11.5 Å². The SMILES string of the molecule is COCCNC(=O)CCNc1ncnc2nc[nH]c12. The Labute approximate surface area is 110 Å². The molecule has 0 radical (unpaired) electrons.